The number of nitrogens with one attached hydrogen (secondary N) is 1. The van der Waals surface area contributed by atoms with E-state index in [1.54, 1.807) is 14.0 Å². The van der Waals surface area contributed by atoms with E-state index in [0.29, 0.717) is 23.2 Å². The zero-order chi connectivity index (χ0) is 10.0. The molecular formula is C10H14FNO. The summed E-state index contributed by atoms with van der Waals surface area (Å²) >= 11 is 0. The molecule has 2 nitrogen and oxygen atoms in total. The smallest absolute Gasteiger partial charge is 0.142 e. The van der Waals surface area contributed by atoms with Crippen LogP contribution in [0.15, 0.2) is 6.07 Å². The molecule has 1 aromatic rings. The van der Waals surface area contributed by atoms with Crippen molar-refractivity contribution in [2.24, 2.45) is 0 Å². The molecule has 1 aromatic carbocycles. The maximum absolute atomic E-state index is 13.2. The number of hydrogen-bond donors (Lipinski definition) is 2. The van der Waals surface area contributed by atoms with Crippen molar-refractivity contribution in [3.05, 3.63) is 23.0 Å². The Morgan fingerprint density at radius 3 is 2.62 bits per heavy atom. The first kappa shape index (κ1) is 9.84. The number of hydrogen-bond acceptors (Lipinski definition) is 2. The molecule has 0 amide bonds. The summed E-state index contributed by atoms with van der Waals surface area (Å²) < 4.78 is 13.2. The molecular weight excluding hydrogens is 169 g/mol. The van der Waals surface area contributed by atoms with E-state index in [9.17, 15) is 9.50 Å². The number of phenolic OH excluding ortho intramolecular Hbond substituents is 1. The molecule has 0 aliphatic rings. The van der Waals surface area contributed by atoms with Gasteiger partial charge < -0.3 is 10.4 Å². The highest BCUT2D eigenvalue weighted by Gasteiger charge is 2.12. The summed E-state index contributed by atoms with van der Waals surface area (Å²) in [6.45, 7) is 3.56. The molecule has 0 unspecified atom stereocenters. The van der Waals surface area contributed by atoms with Crippen LogP contribution in [-0.2, 0) is 6.42 Å². The molecule has 72 valence electrons. The summed E-state index contributed by atoms with van der Waals surface area (Å²) in [7, 11) is 1.66. The number of halogens is 1. The summed E-state index contributed by atoms with van der Waals surface area (Å²) in [5.74, 6) is -0.122. The minimum absolute atomic E-state index is 0.156. The summed E-state index contributed by atoms with van der Waals surface area (Å²) in [6, 6.07) is 1.31. The summed E-state index contributed by atoms with van der Waals surface area (Å²) in [5, 5.41) is 12.4. The Morgan fingerprint density at radius 1 is 1.54 bits per heavy atom. The van der Waals surface area contributed by atoms with Crippen LogP contribution in [0.25, 0.3) is 0 Å². The molecule has 0 heterocycles. The van der Waals surface area contributed by atoms with Gasteiger partial charge in [0.15, 0.2) is 0 Å². The maximum Gasteiger partial charge on any atom is 0.142 e. The van der Waals surface area contributed by atoms with Gasteiger partial charge in [0, 0.05) is 18.7 Å². The molecule has 2 N–H and O–H groups in total. The van der Waals surface area contributed by atoms with Crippen LogP contribution in [0, 0.1) is 12.7 Å². The highest BCUT2D eigenvalue weighted by atomic mass is 19.1. The molecule has 3 heteroatoms. The summed E-state index contributed by atoms with van der Waals surface area (Å²) in [4.78, 5) is 0. The van der Waals surface area contributed by atoms with Crippen LogP contribution in [0.3, 0.4) is 0 Å². The molecule has 0 saturated carbocycles. The van der Waals surface area contributed by atoms with Crippen LogP contribution in [0.1, 0.15) is 18.1 Å². The van der Waals surface area contributed by atoms with Gasteiger partial charge in [-0.25, -0.2) is 4.39 Å². The lowest BCUT2D eigenvalue weighted by atomic mass is 10.0. The molecule has 0 radical (unpaired) electrons. The molecule has 0 bridgehead atoms. The van der Waals surface area contributed by atoms with Gasteiger partial charge in [-0.15, -0.1) is 0 Å². The van der Waals surface area contributed by atoms with E-state index < -0.39 is 0 Å². The van der Waals surface area contributed by atoms with Crippen LogP contribution in [0.5, 0.6) is 5.75 Å². The molecule has 0 aromatic heterocycles. The van der Waals surface area contributed by atoms with Crippen molar-refractivity contribution >= 4 is 5.69 Å². The molecule has 13 heavy (non-hydrogen) atoms. The molecule has 0 aliphatic carbocycles. The average Bonchev–Trinajstić information content (AvgIpc) is 2.12. The third-order valence-corrected chi connectivity index (χ3v) is 2.25. The highest BCUT2D eigenvalue weighted by Crippen LogP contribution is 2.32. The first-order chi connectivity index (χ1) is 6.11. The van der Waals surface area contributed by atoms with Gasteiger partial charge in [-0.1, -0.05) is 6.92 Å². The number of benzene rings is 1. The van der Waals surface area contributed by atoms with E-state index >= 15 is 0 Å². The number of phenols is 1. The zero-order valence-electron chi connectivity index (χ0n) is 8.11. The maximum atomic E-state index is 13.2. The van der Waals surface area contributed by atoms with Crippen molar-refractivity contribution in [3.63, 3.8) is 0 Å². The highest BCUT2D eigenvalue weighted by molar-refractivity contribution is 5.61. The van der Waals surface area contributed by atoms with Gasteiger partial charge in [-0.2, -0.15) is 0 Å². The van der Waals surface area contributed by atoms with Crippen LogP contribution in [0.4, 0.5) is 10.1 Å². The molecule has 0 atom stereocenters. The van der Waals surface area contributed by atoms with Crippen LogP contribution in [0.2, 0.25) is 0 Å². The first-order valence-electron chi connectivity index (χ1n) is 4.30. The molecule has 1 rings (SSSR count). The quantitative estimate of drug-likeness (QED) is 0.690. The Balaban J connectivity index is 3.39. The largest absolute Gasteiger partial charge is 0.505 e. The Morgan fingerprint density at radius 2 is 2.15 bits per heavy atom. The predicted octanol–water partition coefficient (Wildman–Crippen LogP) is 2.44. The predicted molar refractivity (Wildman–Crippen MR) is 51.7 cm³/mol. The Kier molecular flexibility index (Phi) is 2.76. The fourth-order valence-electron chi connectivity index (χ4n) is 1.41. The van der Waals surface area contributed by atoms with Crippen molar-refractivity contribution in [3.8, 4) is 5.75 Å². The van der Waals surface area contributed by atoms with Gasteiger partial charge in [0.1, 0.15) is 11.6 Å². The lowest BCUT2D eigenvalue weighted by Gasteiger charge is -2.11. The standard InChI is InChI=1S/C10H14FNO/c1-4-7-6(2)8(11)5-9(12-3)10(7)13/h5,12-13H,4H2,1-3H3. The van der Waals surface area contributed by atoms with E-state index in [4.69, 9.17) is 0 Å². The second-order valence-corrected chi connectivity index (χ2v) is 2.96. The van der Waals surface area contributed by atoms with Crippen LogP contribution >= 0.6 is 0 Å². The van der Waals surface area contributed by atoms with E-state index in [0.717, 1.165) is 0 Å². The molecule has 0 fully saturated rings. The van der Waals surface area contributed by atoms with Gasteiger partial charge in [0.2, 0.25) is 0 Å². The van der Waals surface area contributed by atoms with Gasteiger partial charge in [0.25, 0.3) is 0 Å². The Labute approximate surface area is 77.4 Å². The number of rotatable bonds is 2. The SMILES string of the molecule is CCc1c(C)c(F)cc(NC)c1O. The van der Waals surface area contributed by atoms with E-state index in [1.165, 1.54) is 6.07 Å². The second-order valence-electron chi connectivity index (χ2n) is 2.96. The molecule has 0 saturated heterocycles. The topological polar surface area (TPSA) is 32.3 Å². The van der Waals surface area contributed by atoms with Gasteiger partial charge in [0.05, 0.1) is 5.69 Å². The van der Waals surface area contributed by atoms with Gasteiger partial charge in [-0.05, 0) is 18.9 Å². The van der Waals surface area contributed by atoms with E-state index in [-0.39, 0.29) is 11.6 Å². The Hall–Kier alpha value is -1.25. The molecule has 0 aliphatic heterocycles. The van der Waals surface area contributed by atoms with Crippen molar-refractivity contribution < 1.29 is 9.50 Å². The fraction of sp³-hybridized carbons (Fsp3) is 0.400. The Bertz CT molecular complexity index is 323. The second kappa shape index (κ2) is 3.64. The van der Waals surface area contributed by atoms with Crippen molar-refractivity contribution in [1.29, 1.82) is 0 Å². The minimum Gasteiger partial charge on any atom is -0.505 e. The number of anilines is 1. The monoisotopic (exact) mass is 183 g/mol. The third kappa shape index (κ3) is 1.59. The van der Waals surface area contributed by atoms with E-state index in [1.807, 2.05) is 6.92 Å². The zero-order valence-corrected chi connectivity index (χ0v) is 8.11. The van der Waals surface area contributed by atoms with Crippen molar-refractivity contribution in [2.75, 3.05) is 12.4 Å². The third-order valence-electron chi connectivity index (χ3n) is 2.25. The summed E-state index contributed by atoms with van der Waals surface area (Å²) in [5.41, 5.74) is 1.64. The fourth-order valence-corrected chi connectivity index (χ4v) is 1.41. The minimum atomic E-state index is -0.279. The summed E-state index contributed by atoms with van der Waals surface area (Å²) in [6.07, 6.45) is 0.629. The van der Waals surface area contributed by atoms with Crippen molar-refractivity contribution in [1.82, 2.24) is 0 Å². The lowest BCUT2D eigenvalue weighted by molar-refractivity contribution is 0.467. The van der Waals surface area contributed by atoms with Crippen LogP contribution in [-0.4, -0.2) is 12.2 Å². The van der Waals surface area contributed by atoms with E-state index in [2.05, 4.69) is 5.32 Å². The van der Waals surface area contributed by atoms with Gasteiger partial charge >= 0.3 is 0 Å². The normalized spacial score (nSPS) is 10.2. The number of aromatic hydroxyl groups is 1. The van der Waals surface area contributed by atoms with Crippen LogP contribution < -0.4 is 5.32 Å². The lowest BCUT2D eigenvalue weighted by Crippen LogP contribution is -1.97. The molecule has 0 spiro atoms. The average molecular weight is 183 g/mol. The van der Waals surface area contributed by atoms with Crippen molar-refractivity contribution in [2.45, 2.75) is 20.3 Å². The van der Waals surface area contributed by atoms with Gasteiger partial charge in [-0.3, -0.25) is 0 Å². The first-order valence-corrected chi connectivity index (χ1v) is 4.30.